The summed E-state index contributed by atoms with van der Waals surface area (Å²) >= 11 is 0. The van der Waals surface area contributed by atoms with Crippen LogP contribution in [-0.2, 0) is 0 Å². The van der Waals surface area contributed by atoms with Gasteiger partial charge in [0.2, 0.25) is 0 Å². The van der Waals surface area contributed by atoms with E-state index < -0.39 is 0 Å². The number of nitrogens with zero attached hydrogens (tertiary/aromatic N) is 2. The number of para-hydroxylation sites is 1. The molecule has 0 fully saturated rings. The Kier molecular flexibility index (Phi) is 2.72. The highest BCUT2D eigenvalue weighted by Gasteiger charge is 2.07. The van der Waals surface area contributed by atoms with Gasteiger partial charge >= 0.3 is 0 Å². The van der Waals surface area contributed by atoms with Gasteiger partial charge in [-0.25, -0.2) is 0 Å². The summed E-state index contributed by atoms with van der Waals surface area (Å²) in [5.74, 6) is 1.24. The third-order valence-electron chi connectivity index (χ3n) is 2.41. The fraction of sp³-hybridized carbons (Fsp3) is 0.167. The van der Waals surface area contributed by atoms with Crippen LogP contribution in [0.25, 0.3) is 11.3 Å². The molecule has 0 saturated heterocycles. The van der Waals surface area contributed by atoms with E-state index in [4.69, 9.17) is 10.5 Å². The highest BCUT2D eigenvalue weighted by molar-refractivity contribution is 5.68. The number of ether oxygens (including phenoxy) is 1. The van der Waals surface area contributed by atoms with E-state index in [1.807, 2.05) is 37.3 Å². The van der Waals surface area contributed by atoms with Crippen molar-refractivity contribution in [2.24, 2.45) is 0 Å². The molecule has 0 aliphatic carbocycles. The van der Waals surface area contributed by atoms with Gasteiger partial charge in [-0.2, -0.15) is 0 Å². The van der Waals surface area contributed by atoms with Gasteiger partial charge in [0.15, 0.2) is 0 Å². The van der Waals surface area contributed by atoms with E-state index in [0.717, 1.165) is 22.6 Å². The van der Waals surface area contributed by atoms with Crippen LogP contribution in [0.5, 0.6) is 5.75 Å². The van der Waals surface area contributed by atoms with E-state index in [1.54, 1.807) is 7.11 Å². The normalized spacial score (nSPS) is 10.1. The van der Waals surface area contributed by atoms with Crippen LogP contribution >= 0.6 is 0 Å². The van der Waals surface area contributed by atoms with Crippen LogP contribution in [0.3, 0.4) is 0 Å². The number of benzene rings is 1. The van der Waals surface area contributed by atoms with E-state index in [9.17, 15) is 0 Å². The van der Waals surface area contributed by atoms with Crippen LogP contribution in [0.1, 0.15) is 5.56 Å². The molecule has 0 atom stereocenters. The van der Waals surface area contributed by atoms with Crippen LogP contribution in [0.4, 0.5) is 5.82 Å². The van der Waals surface area contributed by atoms with Gasteiger partial charge in [-0.05, 0) is 30.7 Å². The smallest absolute Gasteiger partial charge is 0.149 e. The van der Waals surface area contributed by atoms with Crippen molar-refractivity contribution in [2.45, 2.75) is 6.92 Å². The van der Waals surface area contributed by atoms with Crippen molar-refractivity contribution in [2.75, 3.05) is 12.8 Å². The predicted molar refractivity (Wildman–Crippen MR) is 63.2 cm³/mol. The second-order valence-corrected chi connectivity index (χ2v) is 3.50. The third kappa shape index (κ3) is 1.82. The Morgan fingerprint density at radius 1 is 1.19 bits per heavy atom. The summed E-state index contributed by atoms with van der Waals surface area (Å²) in [4.78, 5) is 0. The van der Waals surface area contributed by atoms with Crippen molar-refractivity contribution in [3.8, 4) is 17.0 Å². The summed E-state index contributed by atoms with van der Waals surface area (Å²) in [5.41, 5.74) is 8.23. The summed E-state index contributed by atoms with van der Waals surface area (Å²) in [6, 6.07) is 9.59. The zero-order valence-corrected chi connectivity index (χ0v) is 9.27. The maximum atomic E-state index is 5.63. The molecule has 16 heavy (non-hydrogen) atoms. The number of rotatable bonds is 2. The minimum atomic E-state index is 0.457. The van der Waals surface area contributed by atoms with Gasteiger partial charge in [0, 0.05) is 5.56 Å². The van der Waals surface area contributed by atoms with E-state index in [2.05, 4.69) is 10.2 Å². The van der Waals surface area contributed by atoms with Crippen molar-refractivity contribution >= 4 is 5.82 Å². The molecular formula is C12H13N3O. The minimum absolute atomic E-state index is 0.457. The molecule has 2 aromatic rings. The fourth-order valence-electron chi connectivity index (χ4n) is 1.48. The first-order chi connectivity index (χ1) is 7.72. The second-order valence-electron chi connectivity index (χ2n) is 3.50. The first kappa shape index (κ1) is 10.4. The maximum Gasteiger partial charge on any atom is 0.149 e. The minimum Gasteiger partial charge on any atom is -0.496 e. The lowest BCUT2D eigenvalue weighted by Crippen LogP contribution is -1.98. The van der Waals surface area contributed by atoms with E-state index >= 15 is 0 Å². The Hall–Kier alpha value is -2.10. The quantitative estimate of drug-likeness (QED) is 0.832. The number of nitrogens with two attached hydrogens (primary N) is 1. The molecule has 82 valence electrons. The van der Waals surface area contributed by atoms with E-state index in [-0.39, 0.29) is 0 Å². The first-order valence-electron chi connectivity index (χ1n) is 4.95. The highest BCUT2D eigenvalue weighted by Crippen LogP contribution is 2.28. The van der Waals surface area contributed by atoms with E-state index in [0.29, 0.717) is 5.82 Å². The largest absolute Gasteiger partial charge is 0.496 e. The van der Waals surface area contributed by atoms with Crippen LogP contribution in [0.2, 0.25) is 0 Å². The molecule has 2 rings (SSSR count). The topological polar surface area (TPSA) is 61.0 Å². The first-order valence-corrected chi connectivity index (χ1v) is 4.95. The Bertz CT molecular complexity index is 511. The summed E-state index contributed by atoms with van der Waals surface area (Å²) < 4.78 is 5.27. The molecule has 1 heterocycles. The van der Waals surface area contributed by atoms with Gasteiger partial charge in [0.1, 0.15) is 11.6 Å². The molecule has 1 aromatic carbocycles. The number of anilines is 1. The molecular weight excluding hydrogens is 202 g/mol. The van der Waals surface area contributed by atoms with Gasteiger partial charge in [-0.1, -0.05) is 12.1 Å². The van der Waals surface area contributed by atoms with Crippen LogP contribution in [0.15, 0.2) is 30.3 Å². The zero-order valence-electron chi connectivity index (χ0n) is 9.27. The Morgan fingerprint density at radius 2 is 1.94 bits per heavy atom. The summed E-state index contributed by atoms with van der Waals surface area (Å²) in [5, 5.41) is 7.97. The van der Waals surface area contributed by atoms with Crippen molar-refractivity contribution < 1.29 is 4.74 Å². The van der Waals surface area contributed by atoms with Crippen LogP contribution < -0.4 is 10.5 Å². The number of nitrogen functional groups attached to an aromatic ring is 1. The van der Waals surface area contributed by atoms with Gasteiger partial charge in [0.05, 0.1) is 12.8 Å². The molecule has 0 unspecified atom stereocenters. The molecule has 0 saturated carbocycles. The van der Waals surface area contributed by atoms with E-state index in [1.165, 1.54) is 0 Å². The number of aryl methyl sites for hydroxylation is 1. The lowest BCUT2D eigenvalue weighted by atomic mass is 10.1. The molecule has 4 heteroatoms. The lowest BCUT2D eigenvalue weighted by Gasteiger charge is -2.07. The average molecular weight is 215 g/mol. The van der Waals surface area contributed by atoms with Crippen molar-refractivity contribution in [1.82, 2.24) is 10.2 Å². The van der Waals surface area contributed by atoms with Gasteiger partial charge in [0.25, 0.3) is 0 Å². The van der Waals surface area contributed by atoms with Crippen molar-refractivity contribution in [1.29, 1.82) is 0 Å². The van der Waals surface area contributed by atoms with Crippen molar-refractivity contribution in [3.05, 3.63) is 35.9 Å². The number of methoxy groups -OCH3 is 1. The Labute approximate surface area is 94.1 Å². The second kappa shape index (κ2) is 4.18. The fourth-order valence-corrected chi connectivity index (χ4v) is 1.48. The van der Waals surface area contributed by atoms with Gasteiger partial charge in [-0.3, -0.25) is 0 Å². The summed E-state index contributed by atoms with van der Waals surface area (Å²) in [6.07, 6.45) is 0. The number of hydrogen-bond acceptors (Lipinski definition) is 4. The number of aromatic nitrogens is 2. The summed E-state index contributed by atoms with van der Waals surface area (Å²) in [7, 11) is 1.64. The number of hydrogen-bond donors (Lipinski definition) is 1. The maximum absolute atomic E-state index is 5.63. The average Bonchev–Trinajstić information content (AvgIpc) is 2.32. The molecule has 0 aliphatic rings. The third-order valence-corrected chi connectivity index (χ3v) is 2.41. The Balaban J connectivity index is 2.54. The predicted octanol–water partition coefficient (Wildman–Crippen LogP) is 2.04. The SMILES string of the molecule is COc1ccccc1-c1cc(C)c(N)nn1. The molecule has 1 aromatic heterocycles. The molecule has 0 radical (unpaired) electrons. The van der Waals surface area contributed by atoms with Crippen molar-refractivity contribution in [3.63, 3.8) is 0 Å². The molecule has 0 bridgehead atoms. The summed E-state index contributed by atoms with van der Waals surface area (Å²) in [6.45, 7) is 1.91. The Morgan fingerprint density at radius 3 is 2.62 bits per heavy atom. The molecule has 0 aliphatic heterocycles. The molecule has 0 amide bonds. The molecule has 2 N–H and O–H groups in total. The van der Waals surface area contributed by atoms with Gasteiger partial charge < -0.3 is 10.5 Å². The zero-order chi connectivity index (χ0) is 11.5. The van der Waals surface area contributed by atoms with Gasteiger partial charge in [-0.15, -0.1) is 10.2 Å². The van der Waals surface area contributed by atoms with Crippen LogP contribution in [0, 0.1) is 6.92 Å². The molecule has 4 nitrogen and oxygen atoms in total. The lowest BCUT2D eigenvalue weighted by molar-refractivity contribution is 0.416. The highest BCUT2D eigenvalue weighted by atomic mass is 16.5. The monoisotopic (exact) mass is 215 g/mol. The van der Waals surface area contributed by atoms with Crippen LogP contribution in [-0.4, -0.2) is 17.3 Å². The standard InChI is InChI=1S/C12H13N3O/c1-8-7-10(14-15-12(8)13)9-5-3-4-6-11(9)16-2/h3-7H,1-2H3,(H2,13,15). The molecule has 0 spiro atoms.